The van der Waals surface area contributed by atoms with Crippen LogP contribution < -0.4 is 10.6 Å². The number of hydrogen-bond acceptors (Lipinski definition) is 7. The third-order valence-corrected chi connectivity index (χ3v) is 6.87. The highest BCUT2D eigenvalue weighted by Crippen LogP contribution is 2.35. The Labute approximate surface area is 208 Å². The number of hydrogen-bond donors (Lipinski definition) is 2. The number of alkyl halides is 3. The maximum Gasteiger partial charge on any atom is 0.416 e. The predicted octanol–water partition coefficient (Wildman–Crippen LogP) is 3.76. The van der Waals surface area contributed by atoms with Gasteiger partial charge in [0.05, 0.1) is 24.1 Å². The Bertz CT molecular complexity index is 1130. The standard InChI is InChI=1S/C25H32F3N5O3/c1-24(2,3)32-15-6-8-20(17(12-15)23(35)36-4)33-10-9-19(22(33)34)31-21-16-11-14(25(26,27)28)5-7-18(16)29-13-30-21/h5,7,11,13,15,17,19-20,32H,6,8-10,12H2,1-4H3,(H,29,30,31)/t15-,17-,19?,20+/m1/s1. The second-order valence-electron chi connectivity index (χ2n) is 10.6. The van der Waals surface area contributed by atoms with Gasteiger partial charge in [0.1, 0.15) is 18.2 Å². The van der Waals surface area contributed by atoms with Crippen molar-refractivity contribution in [3.05, 3.63) is 30.1 Å². The number of nitrogens with zero attached hydrogens (tertiary/aromatic N) is 3. The van der Waals surface area contributed by atoms with Crippen LogP contribution >= 0.6 is 0 Å². The van der Waals surface area contributed by atoms with Crippen molar-refractivity contribution in [2.24, 2.45) is 5.92 Å². The van der Waals surface area contributed by atoms with Gasteiger partial charge < -0.3 is 20.3 Å². The molecule has 1 aromatic heterocycles. The Morgan fingerprint density at radius 2 is 1.89 bits per heavy atom. The van der Waals surface area contributed by atoms with Gasteiger partial charge in [-0.3, -0.25) is 9.59 Å². The number of carbonyl (C=O) groups is 2. The van der Waals surface area contributed by atoms with Crippen LogP contribution in [0.15, 0.2) is 24.5 Å². The number of benzene rings is 1. The van der Waals surface area contributed by atoms with Crippen LogP contribution in [0.4, 0.5) is 19.0 Å². The molecule has 2 heterocycles. The minimum absolute atomic E-state index is 0.108. The van der Waals surface area contributed by atoms with Crippen LogP contribution in [0.3, 0.4) is 0 Å². The van der Waals surface area contributed by atoms with Gasteiger partial charge in [0.2, 0.25) is 5.91 Å². The monoisotopic (exact) mass is 507 g/mol. The summed E-state index contributed by atoms with van der Waals surface area (Å²) in [5.41, 5.74) is -0.574. The Kier molecular flexibility index (Phi) is 7.14. The molecule has 1 aliphatic carbocycles. The summed E-state index contributed by atoms with van der Waals surface area (Å²) in [6, 6.07) is 2.42. The molecular weight excluding hydrogens is 475 g/mol. The molecule has 1 unspecified atom stereocenters. The zero-order chi connectivity index (χ0) is 26.3. The molecule has 2 aliphatic rings. The number of likely N-dealkylation sites (tertiary alicyclic amines) is 1. The van der Waals surface area contributed by atoms with Gasteiger partial charge >= 0.3 is 12.1 Å². The minimum atomic E-state index is -4.51. The van der Waals surface area contributed by atoms with Crippen molar-refractivity contribution in [2.75, 3.05) is 19.0 Å². The Morgan fingerprint density at radius 3 is 2.56 bits per heavy atom. The fourth-order valence-corrected chi connectivity index (χ4v) is 5.35. The molecule has 1 aromatic carbocycles. The number of ether oxygens (including phenoxy) is 1. The van der Waals surface area contributed by atoms with E-state index in [1.807, 2.05) is 0 Å². The van der Waals surface area contributed by atoms with Crippen molar-refractivity contribution in [2.45, 2.75) is 76.3 Å². The van der Waals surface area contributed by atoms with Crippen LogP contribution in [0, 0.1) is 5.92 Å². The molecule has 0 radical (unpaired) electrons. The van der Waals surface area contributed by atoms with Gasteiger partial charge in [-0.1, -0.05) is 0 Å². The average molecular weight is 508 g/mol. The summed E-state index contributed by atoms with van der Waals surface area (Å²) in [7, 11) is 1.35. The first-order valence-electron chi connectivity index (χ1n) is 12.1. The second-order valence-corrected chi connectivity index (χ2v) is 10.6. The number of amides is 1. The average Bonchev–Trinajstić information content (AvgIpc) is 3.16. The number of methoxy groups -OCH3 is 1. The van der Waals surface area contributed by atoms with Gasteiger partial charge in [0, 0.05) is 29.6 Å². The van der Waals surface area contributed by atoms with E-state index in [9.17, 15) is 22.8 Å². The van der Waals surface area contributed by atoms with Gasteiger partial charge in [-0.15, -0.1) is 0 Å². The highest BCUT2D eigenvalue weighted by molar-refractivity contribution is 5.93. The Balaban J connectivity index is 1.52. The molecule has 8 nitrogen and oxygen atoms in total. The van der Waals surface area contributed by atoms with Gasteiger partial charge in [0.15, 0.2) is 0 Å². The van der Waals surface area contributed by atoms with E-state index in [-0.39, 0.29) is 40.7 Å². The fraction of sp³-hybridized carbons (Fsp3) is 0.600. The van der Waals surface area contributed by atoms with Crippen molar-refractivity contribution in [1.29, 1.82) is 0 Å². The molecule has 196 valence electrons. The third kappa shape index (κ3) is 5.55. The van der Waals surface area contributed by atoms with E-state index in [0.29, 0.717) is 31.3 Å². The van der Waals surface area contributed by atoms with Gasteiger partial charge in [-0.05, 0) is 64.7 Å². The van der Waals surface area contributed by atoms with Crippen LogP contribution in [0.5, 0.6) is 0 Å². The number of carbonyl (C=O) groups excluding carboxylic acids is 2. The molecule has 11 heteroatoms. The number of aromatic nitrogens is 2. The summed E-state index contributed by atoms with van der Waals surface area (Å²) in [4.78, 5) is 36.0. The van der Waals surface area contributed by atoms with Gasteiger partial charge in [0.25, 0.3) is 0 Å². The number of halogens is 3. The summed E-state index contributed by atoms with van der Waals surface area (Å²) < 4.78 is 44.8. The lowest BCUT2D eigenvalue weighted by Gasteiger charge is -2.41. The number of rotatable bonds is 5. The van der Waals surface area contributed by atoms with Crippen molar-refractivity contribution in [3.8, 4) is 0 Å². The SMILES string of the molecule is COC(=O)[C@@H]1C[C@H](NC(C)(C)C)CC[C@@H]1N1CCC(Nc2ncnc3ccc(C(F)(F)F)cc23)C1=O. The second kappa shape index (κ2) is 9.84. The van der Waals surface area contributed by atoms with E-state index >= 15 is 0 Å². The molecule has 2 aromatic rings. The van der Waals surface area contributed by atoms with Crippen LogP contribution in [-0.4, -0.2) is 64.1 Å². The van der Waals surface area contributed by atoms with E-state index in [2.05, 4.69) is 41.4 Å². The smallest absolute Gasteiger partial charge is 0.416 e. The first kappa shape index (κ1) is 26.1. The molecule has 1 saturated heterocycles. The lowest BCUT2D eigenvalue weighted by Crippen LogP contribution is -2.54. The summed E-state index contributed by atoms with van der Waals surface area (Å²) in [5, 5.41) is 6.78. The summed E-state index contributed by atoms with van der Waals surface area (Å²) in [6.45, 7) is 6.64. The molecule has 0 spiro atoms. The largest absolute Gasteiger partial charge is 0.469 e. The zero-order valence-corrected chi connectivity index (χ0v) is 20.9. The summed E-state index contributed by atoms with van der Waals surface area (Å²) >= 11 is 0. The molecule has 4 rings (SSSR count). The number of anilines is 1. The molecule has 0 bridgehead atoms. The lowest BCUT2D eigenvalue weighted by molar-refractivity contribution is -0.151. The first-order valence-corrected chi connectivity index (χ1v) is 12.1. The number of esters is 1. The molecule has 2 N–H and O–H groups in total. The maximum atomic E-state index is 13.4. The quantitative estimate of drug-likeness (QED) is 0.595. The minimum Gasteiger partial charge on any atom is -0.469 e. The first-order chi connectivity index (χ1) is 16.9. The van der Waals surface area contributed by atoms with Crippen LogP contribution in [0.1, 0.15) is 52.0 Å². The van der Waals surface area contributed by atoms with Crippen molar-refractivity contribution in [1.82, 2.24) is 20.2 Å². The number of fused-ring (bicyclic) bond motifs is 1. The molecule has 36 heavy (non-hydrogen) atoms. The van der Waals surface area contributed by atoms with Crippen LogP contribution in [0.25, 0.3) is 10.9 Å². The molecular formula is C25H32F3N5O3. The zero-order valence-electron chi connectivity index (χ0n) is 20.9. The van der Waals surface area contributed by atoms with E-state index in [1.54, 1.807) is 4.90 Å². The molecule has 1 saturated carbocycles. The highest BCUT2D eigenvalue weighted by Gasteiger charge is 2.45. The predicted molar refractivity (Wildman–Crippen MR) is 128 cm³/mol. The van der Waals surface area contributed by atoms with E-state index in [0.717, 1.165) is 18.6 Å². The van der Waals surface area contributed by atoms with Crippen molar-refractivity contribution in [3.63, 3.8) is 0 Å². The van der Waals surface area contributed by atoms with Crippen LogP contribution in [-0.2, 0) is 20.5 Å². The van der Waals surface area contributed by atoms with Crippen LogP contribution in [0.2, 0.25) is 0 Å². The topological polar surface area (TPSA) is 96.5 Å². The maximum absolute atomic E-state index is 13.4. The normalized spacial score (nSPS) is 25.3. The van der Waals surface area contributed by atoms with Gasteiger partial charge in [-0.25, -0.2) is 9.97 Å². The van der Waals surface area contributed by atoms with E-state index in [1.165, 1.54) is 19.5 Å². The number of nitrogens with one attached hydrogen (secondary N) is 2. The Hall–Kier alpha value is -2.95. The highest BCUT2D eigenvalue weighted by atomic mass is 19.4. The van der Waals surface area contributed by atoms with Gasteiger partial charge in [-0.2, -0.15) is 13.2 Å². The molecule has 4 atom stereocenters. The fourth-order valence-electron chi connectivity index (χ4n) is 5.35. The van der Waals surface area contributed by atoms with Crippen molar-refractivity contribution < 1.29 is 27.5 Å². The Morgan fingerprint density at radius 1 is 1.14 bits per heavy atom. The molecule has 1 amide bonds. The molecule has 1 aliphatic heterocycles. The summed E-state index contributed by atoms with van der Waals surface area (Å²) in [6.07, 6.45) is -0.785. The van der Waals surface area contributed by atoms with E-state index in [4.69, 9.17) is 4.74 Å². The molecule has 2 fully saturated rings. The van der Waals surface area contributed by atoms with Crippen molar-refractivity contribution >= 4 is 28.6 Å². The third-order valence-electron chi connectivity index (χ3n) is 6.87. The summed E-state index contributed by atoms with van der Waals surface area (Å²) in [5.74, 6) is -0.824. The lowest BCUT2D eigenvalue weighted by atomic mass is 9.80. The van der Waals surface area contributed by atoms with E-state index < -0.39 is 23.7 Å².